The average Bonchev–Trinajstić information content (AvgIpc) is 3.31. The maximum absolute atomic E-state index is 12.0. The Morgan fingerprint density at radius 2 is 1.93 bits per heavy atom. The maximum Gasteiger partial charge on any atom is 0.243 e. The number of thioether (sulfide) groups is 2. The van der Waals surface area contributed by atoms with Crippen molar-refractivity contribution < 1.29 is 19.2 Å². The Kier molecular flexibility index (Phi) is 9.51. The Hall–Kier alpha value is -1.52. The largest absolute Gasteiger partial charge is 0.444 e. The molecule has 0 aliphatic carbocycles. The van der Waals surface area contributed by atoms with Gasteiger partial charge in [-0.25, -0.2) is 10.5 Å². The highest BCUT2D eigenvalue weighted by Gasteiger charge is 2.23. The zero-order chi connectivity index (χ0) is 21.3. The van der Waals surface area contributed by atoms with Gasteiger partial charge in [0.1, 0.15) is 5.76 Å². The summed E-state index contributed by atoms with van der Waals surface area (Å²) in [5.74, 6) is 1.88. The third kappa shape index (κ3) is 8.79. The Morgan fingerprint density at radius 1 is 1.24 bits per heavy atom. The third-order valence-corrected chi connectivity index (χ3v) is 6.74. The molecule has 0 spiro atoms. The number of oxazole rings is 1. The van der Waals surface area contributed by atoms with Crippen LogP contribution in [0.5, 0.6) is 0 Å². The van der Waals surface area contributed by atoms with Crippen LogP contribution in [-0.2, 0) is 20.8 Å². The Morgan fingerprint density at radius 3 is 2.55 bits per heavy atom. The number of nitrogens with zero attached hydrogens (tertiary/aromatic N) is 2. The molecule has 10 heteroatoms. The lowest BCUT2D eigenvalue weighted by Gasteiger charge is -2.13. The van der Waals surface area contributed by atoms with Crippen LogP contribution in [0.4, 0.5) is 0 Å². The Bertz CT molecular complexity index is 715. The van der Waals surface area contributed by atoms with Gasteiger partial charge < -0.3 is 9.73 Å². The van der Waals surface area contributed by atoms with E-state index in [1.807, 2.05) is 0 Å². The van der Waals surface area contributed by atoms with Crippen LogP contribution in [-0.4, -0.2) is 38.3 Å². The molecule has 0 fully saturated rings. The van der Waals surface area contributed by atoms with E-state index in [-0.39, 0.29) is 21.8 Å². The molecule has 1 aromatic rings. The van der Waals surface area contributed by atoms with Crippen molar-refractivity contribution in [2.45, 2.75) is 75.0 Å². The summed E-state index contributed by atoms with van der Waals surface area (Å²) in [4.78, 5) is 31.7. The van der Waals surface area contributed by atoms with E-state index in [0.717, 1.165) is 30.9 Å². The predicted molar refractivity (Wildman–Crippen MR) is 116 cm³/mol. The van der Waals surface area contributed by atoms with E-state index in [9.17, 15) is 9.59 Å². The van der Waals surface area contributed by atoms with Crippen molar-refractivity contribution >= 4 is 40.5 Å². The van der Waals surface area contributed by atoms with Crippen LogP contribution < -0.4 is 10.8 Å². The standard InChI is InChI=1S/C19H30N4O4S2/c1-19(2,3)13-10-20-16(27-13)12-28-17-11-21-18(29-17)22-14(24)8-6-4-5-7-9-15(25)23-26/h10,17,26H,4-9,11-12H2,1-3H3,(H,23,25)(H,21,22,24). The van der Waals surface area contributed by atoms with Crippen molar-refractivity contribution in [3.8, 4) is 0 Å². The van der Waals surface area contributed by atoms with Crippen molar-refractivity contribution in [3.63, 3.8) is 0 Å². The summed E-state index contributed by atoms with van der Waals surface area (Å²) in [7, 11) is 0. The van der Waals surface area contributed by atoms with Gasteiger partial charge >= 0.3 is 0 Å². The first-order valence-electron chi connectivity index (χ1n) is 9.78. The molecule has 1 aliphatic rings. The fourth-order valence-corrected chi connectivity index (χ4v) is 4.67. The first kappa shape index (κ1) is 23.8. The van der Waals surface area contributed by atoms with Crippen LogP contribution in [0.3, 0.4) is 0 Å². The summed E-state index contributed by atoms with van der Waals surface area (Å²) in [5, 5.41) is 12.0. The van der Waals surface area contributed by atoms with E-state index >= 15 is 0 Å². The minimum atomic E-state index is -0.371. The highest BCUT2D eigenvalue weighted by molar-refractivity contribution is 8.25. The smallest absolute Gasteiger partial charge is 0.243 e. The molecule has 1 unspecified atom stereocenters. The monoisotopic (exact) mass is 442 g/mol. The molecular weight excluding hydrogens is 412 g/mol. The lowest BCUT2D eigenvalue weighted by Crippen LogP contribution is -2.27. The van der Waals surface area contributed by atoms with E-state index in [2.05, 4.69) is 36.1 Å². The molecule has 1 aliphatic heterocycles. The molecule has 1 aromatic heterocycles. The van der Waals surface area contributed by atoms with Crippen LogP contribution in [0.2, 0.25) is 0 Å². The van der Waals surface area contributed by atoms with E-state index in [0.29, 0.717) is 36.7 Å². The number of unbranched alkanes of at least 4 members (excludes halogenated alkanes) is 3. The lowest BCUT2D eigenvalue weighted by molar-refractivity contribution is -0.129. The van der Waals surface area contributed by atoms with Gasteiger partial charge in [0.15, 0.2) is 5.17 Å². The fourth-order valence-electron chi connectivity index (χ4n) is 2.56. The fraction of sp³-hybridized carbons (Fsp3) is 0.684. The van der Waals surface area contributed by atoms with Gasteiger partial charge in [0.05, 0.1) is 23.1 Å². The SMILES string of the molecule is CC(C)(C)c1cnc(CSC2CN=C(NC(=O)CCCCCCC(=O)NO)S2)o1. The van der Waals surface area contributed by atoms with Crippen LogP contribution in [0, 0.1) is 0 Å². The minimum absolute atomic E-state index is 0.0301. The number of hydrogen-bond acceptors (Lipinski definition) is 8. The molecule has 29 heavy (non-hydrogen) atoms. The first-order chi connectivity index (χ1) is 13.8. The second-order valence-corrected chi connectivity index (χ2v) is 10.6. The topological polar surface area (TPSA) is 117 Å². The van der Waals surface area contributed by atoms with Crippen molar-refractivity contribution in [1.29, 1.82) is 0 Å². The maximum atomic E-state index is 12.0. The van der Waals surface area contributed by atoms with Gasteiger partial charge in [-0.15, -0.1) is 11.8 Å². The molecule has 162 valence electrons. The van der Waals surface area contributed by atoms with Crippen molar-refractivity contribution in [3.05, 3.63) is 17.8 Å². The zero-order valence-corrected chi connectivity index (χ0v) is 18.8. The summed E-state index contributed by atoms with van der Waals surface area (Å²) in [5.41, 5.74) is 1.57. The predicted octanol–water partition coefficient (Wildman–Crippen LogP) is 3.60. The number of carbonyl (C=O) groups is 2. The summed E-state index contributed by atoms with van der Waals surface area (Å²) in [6.07, 6.45) is 5.74. The van der Waals surface area contributed by atoms with Crippen LogP contribution >= 0.6 is 23.5 Å². The quantitative estimate of drug-likeness (QED) is 0.288. The van der Waals surface area contributed by atoms with Crippen molar-refractivity contribution in [2.24, 2.45) is 4.99 Å². The van der Waals surface area contributed by atoms with Crippen molar-refractivity contribution in [2.75, 3.05) is 6.54 Å². The van der Waals surface area contributed by atoms with Gasteiger partial charge in [-0.05, 0) is 12.8 Å². The average molecular weight is 443 g/mol. The molecule has 3 N–H and O–H groups in total. The molecule has 1 atom stereocenters. The summed E-state index contributed by atoms with van der Waals surface area (Å²) in [6.45, 7) is 6.94. The van der Waals surface area contributed by atoms with E-state index in [4.69, 9.17) is 9.62 Å². The molecule has 0 bridgehead atoms. The van der Waals surface area contributed by atoms with Crippen LogP contribution in [0.15, 0.2) is 15.6 Å². The van der Waals surface area contributed by atoms with E-state index < -0.39 is 0 Å². The zero-order valence-electron chi connectivity index (χ0n) is 17.2. The number of hydrogen-bond donors (Lipinski definition) is 3. The number of aromatic nitrogens is 1. The minimum Gasteiger partial charge on any atom is -0.444 e. The number of aliphatic imine (C=N–C) groups is 1. The molecule has 0 saturated carbocycles. The number of carbonyl (C=O) groups excluding carboxylic acids is 2. The second kappa shape index (κ2) is 11.6. The van der Waals surface area contributed by atoms with Gasteiger partial charge in [0, 0.05) is 18.3 Å². The summed E-state index contributed by atoms with van der Waals surface area (Å²) < 4.78 is 6.05. The first-order valence-corrected chi connectivity index (χ1v) is 11.7. The Labute approximate surface area is 180 Å². The normalized spacial score (nSPS) is 16.6. The third-order valence-electron chi connectivity index (χ3n) is 4.24. The number of amides is 2. The molecule has 0 radical (unpaired) electrons. The lowest BCUT2D eigenvalue weighted by atomic mass is 9.94. The second-order valence-electron chi connectivity index (χ2n) is 7.87. The molecule has 8 nitrogen and oxygen atoms in total. The van der Waals surface area contributed by atoms with Crippen LogP contribution in [0.1, 0.15) is 70.9 Å². The molecule has 2 rings (SSSR count). The highest BCUT2D eigenvalue weighted by Crippen LogP contribution is 2.32. The van der Waals surface area contributed by atoms with E-state index in [1.54, 1.807) is 35.2 Å². The Balaban J connectivity index is 1.57. The molecule has 0 aromatic carbocycles. The summed E-state index contributed by atoms with van der Waals surface area (Å²) in [6, 6.07) is 0. The highest BCUT2D eigenvalue weighted by atomic mass is 32.2. The van der Waals surface area contributed by atoms with Gasteiger partial charge in [0.25, 0.3) is 0 Å². The molecular formula is C19H30N4O4S2. The van der Waals surface area contributed by atoms with Gasteiger partial charge in [-0.2, -0.15) is 0 Å². The number of nitrogens with one attached hydrogen (secondary N) is 2. The van der Waals surface area contributed by atoms with Gasteiger partial charge in [-0.3, -0.25) is 19.8 Å². The molecule has 2 heterocycles. The van der Waals surface area contributed by atoms with E-state index in [1.165, 1.54) is 0 Å². The number of hydroxylamine groups is 1. The number of rotatable bonds is 10. The van der Waals surface area contributed by atoms with Gasteiger partial charge in [-0.1, -0.05) is 45.4 Å². The molecule has 0 saturated heterocycles. The number of amidine groups is 1. The van der Waals surface area contributed by atoms with Gasteiger partial charge in [0.2, 0.25) is 17.7 Å². The van der Waals surface area contributed by atoms with Crippen LogP contribution in [0.25, 0.3) is 0 Å². The van der Waals surface area contributed by atoms with Crippen molar-refractivity contribution in [1.82, 2.24) is 15.8 Å². The summed E-state index contributed by atoms with van der Waals surface area (Å²) >= 11 is 3.28. The molecule has 2 amide bonds.